The van der Waals surface area contributed by atoms with Gasteiger partial charge in [-0.1, -0.05) is 47.5 Å². The molecule has 0 saturated carbocycles. The SMILES string of the molecule is CN1C/C(=C\c2ccc(Cl)cc2)C2=NN(C)[C@H](c3ccc(Cl)cc3)[C@@H]2C1. The van der Waals surface area contributed by atoms with Gasteiger partial charge < -0.3 is 4.90 Å². The summed E-state index contributed by atoms with van der Waals surface area (Å²) in [6.07, 6.45) is 2.23. The van der Waals surface area contributed by atoms with E-state index in [-0.39, 0.29) is 6.04 Å². The number of halogens is 2. The fourth-order valence-electron chi connectivity index (χ4n) is 3.96. The van der Waals surface area contributed by atoms with E-state index in [9.17, 15) is 0 Å². The number of nitrogens with zero attached hydrogens (tertiary/aromatic N) is 3. The summed E-state index contributed by atoms with van der Waals surface area (Å²) in [6, 6.07) is 16.3. The van der Waals surface area contributed by atoms with Crippen LogP contribution in [0.25, 0.3) is 6.08 Å². The average molecular weight is 386 g/mol. The first-order valence-corrected chi connectivity index (χ1v) is 9.49. The second-order valence-electron chi connectivity index (χ2n) is 7.08. The van der Waals surface area contributed by atoms with Gasteiger partial charge in [-0.25, -0.2) is 0 Å². The van der Waals surface area contributed by atoms with Crippen molar-refractivity contribution in [2.75, 3.05) is 27.2 Å². The van der Waals surface area contributed by atoms with Crippen LogP contribution in [0.1, 0.15) is 17.2 Å². The standard InChI is InChI=1S/C21H21Cl2N3/c1-25-12-16(11-14-3-7-17(22)8-4-14)20-19(13-25)21(26(2)24-20)15-5-9-18(23)10-6-15/h3-11,19,21H,12-13H2,1-2H3/b16-11+/t19-,21-/m1/s1. The van der Waals surface area contributed by atoms with Crippen molar-refractivity contribution >= 4 is 35.0 Å². The topological polar surface area (TPSA) is 18.8 Å². The maximum atomic E-state index is 6.07. The van der Waals surface area contributed by atoms with Crippen LogP contribution in [0.3, 0.4) is 0 Å². The van der Waals surface area contributed by atoms with E-state index < -0.39 is 0 Å². The fourth-order valence-corrected chi connectivity index (χ4v) is 4.22. The summed E-state index contributed by atoms with van der Waals surface area (Å²) < 4.78 is 0. The molecular formula is C21H21Cl2N3. The predicted octanol–water partition coefficient (Wildman–Crippen LogP) is 4.98. The molecule has 134 valence electrons. The maximum Gasteiger partial charge on any atom is 0.0813 e. The van der Waals surface area contributed by atoms with Crippen LogP contribution in [-0.2, 0) is 0 Å². The zero-order valence-electron chi connectivity index (χ0n) is 14.9. The number of likely N-dealkylation sites (N-methyl/N-ethyl adjacent to an activating group) is 1. The summed E-state index contributed by atoms with van der Waals surface area (Å²) in [4.78, 5) is 2.37. The number of likely N-dealkylation sites (tertiary alicyclic amines) is 1. The Morgan fingerprint density at radius 3 is 2.23 bits per heavy atom. The quantitative estimate of drug-likeness (QED) is 0.725. The molecule has 2 aliphatic heterocycles. The third-order valence-electron chi connectivity index (χ3n) is 5.10. The van der Waals surface area contributed by atoms with Gasteiger partial charge in [0.25, 0.3) is 0 Å². The van der Waals surface area contributed by atoms with E-state index in [0.717, 1.165) is 28.7 Å². The smallest absolute Gasteiger partial charge is 0.0813 e. The summed E-state index contributed by atoms with van der Waals surface area (Å²) >= 11 is 12.1. The van der Waals surface area contributed by atoms with Crippen molar-refractivity contribution in [1.82, 2.24) is 9.91 Å². The van der Waals surface area contributed by atoms with Gasteiger partial charge in [0.2, 0.25) is 0 Å². The summed E-state index contributed by atoms with van der Waals surface area (Å²) in [6.45, 7) is 1.90. The molecule has 5 heteroatoms. The van der Waals surface area contributed by atoms with Gasteiger partial charge in [0.05, 0.1) is 11.8 Å². The molecule has 0 aromatic heterocycles. The van der Waals surface area contributed by atoms with Gasteiger partial charge >= 0.3 is 0 Å². The first-order valence-electron chi connectivity index (χ1n) is 8.73. The Morgan fingerprint density at radius 2 is 1.58 bits per heavy atom. The van der Waals surface area contributed by atoms with Crippen LogP contribution in [0.4, 0.5) is 0 Å². The van der Waals surface area contributed by atoms with Crippen molar-refractivity contribution in [3.05, 3.63) is 75.3 Å². The molecule has 4 rings (SSSR count). The van der Waals surface area contributed by atoms with E-state index in [1.807, 2.05) is 24.3 Å². The Morgan fingerprint density at radius 1 is 0.962 bits per heavy atom. The van der Waals surface area contributed by atoms with E-state index in [2.05, 4.69) is 54.3 Å². The van der Waals surface area contributed by atoms with Gasteiger partial charge in [0.15, 0.2) is 0 Å². The minimum absolute atomic E-state index is 0.235. The zero-order chi connectivity index (χ0) is 18.3. The highest BCUT2D eigenvalue weighted by molar-refractivity contribution is 6.30. The van der Waals surface area contributed by atoms with Crippen molar-refractivity contribution in [2.24, 2.45) is 11.0 Å². The summed E-state index contributed by atoms with van der Waals surface area (Å²) in [5, 5.41) is 8.53. The lowest BCUT2D eigenvalue weighted by atomic mass is 9.83. The highest BCUT2D eigenvalue weighted by atomic mass is 35.5. The van der Waals surface area contributed by atoms with E-state index in [4.69, 9.17) is 28.3 Å². The summed E-state index contributed by atoms with van der Waals surface area (Å²) in [7, 11) is 4.23. The van der Waals surface area contributed by atoms with Crippen molar-refractivity contribution in [3.8, 4) is 0 Å². The molecule has 0 unspecified atom stereocenters. The number of rotatable bonds is 2. The van der Waals surface area contributed by atoms with Gasteiger partial charge in [-0.15, -0.1) is 0 Å². The normalized spacial score (nSPS) is 24.7. The number of piperidine rings is 1. The molecular weight excluding hydrogens is 365 g/mol. The van der Waals surface area contributed by atoms with E-state index >= 15 is 0 Å². The lowest BCUT2D eigenvalue weighted by molar-refractivity contribution is 0.211. The van der Waals surface area contributed by atoms with Crippen molar-refractivity contribution in [3.63, 3.8) is 0 Å². The predicted molar refractivity (Wildman–Crippen MR) is 110 cm³/mol. The molecule has 0 spiro atoms. The van der Waals surface area contributed by atoms with Crippen LogP contribution in [0.2, 0.25) is 10.0 Å². The van der Waals surface area contributed by atoms with Crippen LogP contribution in [-0.4, -0.2) is 42.8 Å². The zero-order valence-corrected chi connectivity index (χ0v) is 16.4. The molecule has 2 aliphatic rings. The lowest BCUT2D eigenvalue weighted by Gasteiger charge is -2.34. The fraction of sp³-hybridized carbons (Fsp3) is 0.286. The maximum absolute atomic E-state index is 6.07. The number of benzene rings is 2. The number of hydrogen-bond donors (Lipinski definition) is 0. The molecule has 3 nitrogen and oxygen atoms in total. The molecule has 0 radical (unpaired) electrons. The van der Waals surface area contributed by atoms with Crippen LogP contribution >= 0.6 is 23.2 Å². The Balaban J connectivity index is 1.68. The molecule has 0 bridgehead atoms. The second-order valence-corrected chi connectivity index (χ2v) is 7.95. The van der Waals surface area contributed by atoms with Crippen molar-refractivity contribution in [2.45, 2.75) is 6.04 Å². The van der Waals surface area contributed by atoms with E-state index in [0.29, 0.717) is 5.92 Å². The van der Waals surface area contributed by atoms with Crippen LogP contribution < -0.4 is 0 Å². The molecule has 1 fully saturated rings. The lowest BCUT2D eigenvalue weighted by Crippen LogP contribution is -2.41. The monoisotopic (exact) mass is 385 g/mol. The molecule has 0 aliphatic carbocycles. The van der Waals surface area contributed by atoms with E-state index in [1.54, 1.807) is 0 Å². The Kier molecular flexibility index (Phi) is 4.78. The Labute approximate surface area is 164 Å². The van der Waals surface area contributed by atoms with Gasteiger partial charge in [0.1, 0.15) is 0 Å². The highest BCUT2D eigenvalue weighted by Crippen LogP contribution is 2.39. The van der Waals surface area contributed by atoms with Gasteiger partial charge in [-0.05, 0) is 54.1 Å². The van der Waals surface area contributed by atoms with Gasteiger partial charge in [-0.2, -0.15) is 5.10 Å². The third-order valence-corrected chi connectivity index (χ3v) is 5.60. The molecule has 2 heterocycles. The Hall–Kier alpha value is -1.81. The number of hydrogen-bond acceptors (Lipinski definition) is 3. The minimum Gasteiger partial charge on any atom is -0.301 e. The highest BCUT2D eigenvalue weighted by Gasteiger charge is 2.41. The van der Waals surface area contributed by atoms with Crippen LogP contribution in [0.5, 0.6) is 0 Å². The van der Waals surface area contributed by atoms with Crippen molar-refractivity contribution in [1.29, 1.82) is 0 Å². The molecule has 2 aromatic rings. The molecule has 0 N–H and O–H groups in total. The van der Waals surface area contributed by atoms with E-state index in [1.165, 1.54) is 16.8 Å². The summed E-state index contributed by atoms with van der Waals surface area (Å²) in [5.41, 5.74) is 4.87. The molecule has 0 amide bonds. The molecule has 2 atom stereocenters. The van der Waals surface area contributed by atoms with Crippen LogP contribution in [0.15, 0.2) is 59.2 Å². The number of hydrazone groups is 1. The first-order chi connectivity index (χ1) is 12.5. The van der Waals surface area contributed by atoms with Crippen molar-refractivity contribution < 1.29 is 0 Å². The van der Waals surface area contributed by atoms with Gasteiger partial charge in [-0.3, -0.25) is 5.01 Å². The van der Waals surface area contributed by atoms with Gasteiger partial charge in [0, 0.05) is 36.1 Å². The first kappa shape index (κ1) is 17.6. The largest absolute Gasteiger partial charge is 0.301 e. The average Bonchev–Trinajstić information content (AvgIpc) is 2.94. The minimum atomic E-state index is 0.235. The Bertz CT molecular complexity index is 856. The number of fused-ring (bicyclic) bond motifs is 1. The summed E-state index contributed by atoms with van der Waals surface area (Å²) in [5.74, 6) is 0.346. The third kappa shape index (κ3) is 3.39. The molecule has 26 heavy (non-hydrogen) atoms. The second kappa shape index (κ2) is 7.07. The molecule has 1 saturated heterocycles. The molecule has 2 aromatic carbocycles. The van der Waals surface area contributed by atoms with Crippen LogP contribution in [0, 0.1) is 5.92 Å².